The van der Waals surface area contributed by atoms with Crippen molar-refractivity contribution in [1.29, 1.82) is 0 Å². The number of amides is 1. The maximum absolute atomic E-state index is 13.4. The lowest BCUT2D eigenvalue weighted by Gasteiger charge is -2.24. The van der Waals surface area contributed by atoms with Gasteiger partial charge in [-0.3, -0.25) is 14.5 Å². The smallest absolute Gasteiger partial charge is 0.261 e. The number of fused-ring (bicyclic) bond motifs is 1. The molecule has 0 aromatic carbocycles. The van der Waals surface area contributed by atoms with Crippen LogP contribution < -0.4 is 21.7 Å². The Bertz CT molecular complexity index is 1350. The minimum atomic E-state index is -0.304. The predicted octanol–water partition coefficient (Wildman–Crippen LogP) is 3.45. The van der Waals surface area contributed by atoms with Crippen molar-refractivity contribution in [2.75, 3.05) is 29.0 Å². The molecule has 178 valence electrons. The van der Waals surface area contributed by atoms with Crippen LogP contribution in [0.3, 0.4) is 0 Å². The van der Waals surface area contributed by atoms with E-state index in [1.54, 1.807) is 17.1 Å². The minimum Gasteiger partial charge on any atom is -0.390 e. The molecule has 1 amide bonds. The van der Waals surface area contributed by atoms with E-state index in [1.165, 1.54) is 11.3 Å². The van der Waals surface area contributed by atoms with E-state index in [9.17, 15) is 4.79 Å². The quantitative estimate of drug-likeness (QED) is 0.403. The number of rotatable bonds is 4. The van der Waals surface area contributed by atoms with Crippen LogP contribution in [-0.2, 0) is 7.05 Å². The second-order valence-corrected chi connectivity index (χ2v) is 9.83. The van der Waals surface area contributed by atoms with E-state index in [4.69, 9.17) is 16.0 Å². The number of nitrogens with one attached hydrogen (secondary N) is 1. The van der Waals surface area contributed by atoms with Gasteiger partial charge in [0.15, 0.2) is 5.82 Å². The van der Waals surface area contributed by atoms with Gasteiger partial charge in [0.2, 0.25) is 0 Å². The molecule has 1 fully saturated rings. The van der Waals surface area contributed by atoms with Crippen molar-refractivity contribution in [3.05, 3.63) is 35.5 Å². The van der Waals surface area contributed by atoms with Crippen molar-refractivity contribution >= 4 is 44.0 Å². The van der Waals surface area contributed by atoms with Crippen molar-refractivity contribution in [3.63, 3.8) is 0 Å². The number of nitrogens with two attached hydrogens (primary N) is 2. The summed E-state index contributed by atoms with van der Waals surface area (Å²) in [7, 11) is 1.88. The number of pyridine rings is 1. The van der Waals surface area contributed by atoms with Crippen LogP contribution in [-0.4, -0.2) is 45.0 Å². The fourth-order valence-electron chi connectivity index (χ4n) is 4.66. The monoisotopic (exact) mass is 480 g/mol. The molecule has 34 heavy (non-hydrogen) atoms. The number of carbonyl (C=O) groups excluding carboxylic acids is 1. The van der Waals surface area contributed by atoms with Gasteiger partial charge in [0.1, 0.15) is 22.0 Å². The summed E-state index contributed by atoms with van der Waals surface area (Å²) in [5.74, 6) is 1.29. The molecule has 0 saturated carbocycles. The molecule has 1 aliphatic rings. The summed E-state index contributed by atoms with van der Waals surface area (Å²) in [6.45, 7) is 5.44. The molecule has 1 atom stereocenters. The lowest BCUT2D eigenvalue weighted by atomic mass is 10.1. The molecule has 0 unspecified atom stereocenters. The lowest BCUT2D eigenvalue weighted by Crippen LogP contribution is -2.29. The minimum absolute atomic E-state index is 0.203. The predicted molar refractivity (Wildman–Crippen MR) is 134 cm³/mol. The molecular formula is C23H28N8O2S. The van der Waals surface area contributed by atoms with Crippen molar-refractivity contribution in [3.8, 4) is 11.1 Å². The van der Waals surface area contributed by atoms with Gasteiger partial charge in [-0.15, -0.1) is 11.3 Å². The molecular weight excluding hydrogens is 452 g/mol. The standard InChI is InChI=1S/C23H28N8O2S/c1-12-18(13(2)33-29-12)14-9-17-20(26-10-14)19(21(25)34-17)22(32)28-16-11-27-30(3)23(16)31-7-4-5-15(24)6-8-31/h9-11,15H,4-8,24-25H2,1-3H3,(H,28,32)/t15-/m1/s1. The van der Waals surface area contributed by atoms with Crippen LogP contribution in [0.15, 0.2) is 23.0 Å². The third-order valence-electron chi connectivity index (χ3n) is 6.33. The molecule has 0 aliphatic carbocycles. The summed E-state index contributed by atoms with van der Waals surface area (Å²) in [5.41, 5.74) is 16.6. The maximum atomic E-state index is 13.4. The molecule has 4 aromatic heterocycles. The van der Waals surface area contributed by atoms with E-state index in [0.29, 0.717) is 21.8 Å². The Morgan fingerprint density at radius 3 is 2.85 bits per heavy atom. The first-order valence-electron chi connectivity index (χ1n) is 11.3. The number of aryl methyl sites for hydroxylation is 3. The molecule has 4 aromatic rings. The van der Waals surface area contributed by atoms with Crippen LogP contribution in [0.5, 0.6) is 0 Å². The molecule has 10 nitrogen and oxygen atoms in total. The van der Waals surface area contributed by atoms with Gasteiger partial charge in [-0.2, -0.15) is 5.10 Å². The Morgan fingerprint density at radius 1 is 1.26 bits per heavy atom. The molecule has 1 saturated heterocycles. The highest BCUT2D eigenvalue weighted by Gasteiger charge is 2.25. The first kappa shape index (κ1) is 22.4. The topological polar surface area (TPSA) is 141 Å². The summed E-state index contributed by atoms with van der Waals surface area (Å²) in [6, 6.07) is 2.18. The van der Waals surface area contributed by atoms with Crippen LogP contribution in [0.1, 0.15) is 41.1 Å². The molecule has 0 spiro atoms. The maximum Gasteiger partial charge on any atom is 0.261 e. The largest absolute Gasteiger partial charge is 0.390 e. The summed E-state index contributed by atoms with van der Waals surface area (Å²) < 4.78 is 7.90. The van der Waals surface area contributed by atoms with E-state index in [2.05, 4.69) is 25.5 Å². The van der Waals surface area contributed by atoms with Gasteiger partial charge in [0, 0.05) is 43.5 Å². The van der Waals surface area contributed by atoms with E-state index in [0.717, 1.165) is 65.5 Å². The highest BCUT2D eigenvalue weighted by Crippen LogP contribution is 2.37. The van der Waals surface area contributed by atoms with Crippen molar-refractivity contribution in [2.24, 2.45) is 12.8 Å². The van der Waals surface area contributed by atoms with Gasteiger partial charge in [0.05, 0.1) is 22.1 Å². The third kappa shape index (κ3) is 3.90. The number of carbonyl (C=O) groups is 1. The van der Waals surface area contributed by atoms with Gasteiger partial charge in [-0.25, -0.2) is 0 Å². The highest BCUT2D eigenvalue weighted by atomic mass is 32.1. The van der Waals surface area contributed by atoms with E-state index < -0.39 is 0 Å². The number of nitrogen functional groups attached to an aromatic ring is 1. The van der Waals surface area contributed by atoms with Gasteiger partial charge in [-0.1, -0.05) is 5.16 Å². The summed E-state index contributed by atoms with van der Waals surface area (Å²) >= 11 is 1.34. The number of hydrogen-bond donors (Lipinski definition) is 3. The van der Waals surface area contributed by atoms with Crippen LogP contribution in [0.25, 0.3) is 21.3 Å². The summed E-state index contributed by atoms with van der Waals surface area (Å²) in [5, 5.41) is 11.9. The van der Waals surface area contributed by atoms with Crippen molar-refractivity contribution in [2.45, 2.75) is 39.2 Å². The second-order valence-electron chi connectivity index (χ2n) is 8.75. The van der Waals surface area contributed by atoms with Gasteiger partial charge >= 0.3 is 0 Å². The van der Waals surface area contributed by atoms with Crippen LogP contribution in [0, 0.1) is 13.8 Å². The fraction of sp³-hybridized carbons (Fsp3) is 0.391. The van der Waals surface area contributed by atoms with Gasteiger partial charge in [0.25, 0.3) is 5.91 Å². The molecule has 5 rings (SSSR count). The highest BCUT2D eigenvalue weighted by molar-refractivity contribution is 7.23. The SMILES string of the molecule is Cc1noc(C)c1-c1cnc2c(C(=O)Nc3cnn(C)c3N3CCC[C@@H](N)CC3)c(N)sc2c1. The average molecular weight is 481 g/mol. The molecule has 11 heteroatoms. The molecule has 5 N–H and O–H groups in total. The van der Waals surface area contributed by atoms with Gasteiger partial charge in [-0.05, 0) is 39.2 Å². The number of anilines is 3. The lowest BCUT2D eigenvalue weighted by molar-refractivity contribution is 0.102. The Kier molecular flexibility index (Phi) is 5.74. The van der Waals surface area contributed by atoms with Crippen LogP contribution in [0.4, 0.5) is 16.5 Å². The van der Waals surface area contributed by atoms with Crippen molar-refractivity contribution in [1.82, 2.24) is 19.9 Å². The Balaban J connectivity index is 1.45. The second kappa shape index (κ2) is 8.73. The summed E-state index contributed by atoms with van der Waals surface area (Å²) in [4.78, 5) is 20.2. The molecule has 0 radical (unpaired) electrons. The van der Waals surface area contributed by atoms with Crippen molar-refractivity contribution < 1.29 is 9.32 Å². The Labute approximate surface area is 200 Å². The van der Waals surface area contributed by atoms with E-state index >= 15 is 0 Å². The zero-order valence-corrected chi connectivity index (χ0v) is 20.3. The number of hydrogen-bond acceptors (Lipinski definition) is 9. The number of thiophene rings is 1. The van der Waals surface area contributed by atoms with Gasteiger partial charge < -0.3 is 26.2 Å². The zero-order valence-electron chi connectivity index (χ0n) is 19.5. The van der Waals surface area contributed by atoms with E-state index in [-0.39, 0.29) is 11.9 Å². The molecule has 5 heterocycles. The first-order valence-corrected chi connectivity index (χ1v) is 12.1. The Hall–Kier alpha value is -3.44. The third-order valence-corrected chi connectivity index (χ3v) is 7.29. The van der Waals surface area contributed by atoms with Crippen LogP contribution in [0.2, 0.25) is 0 Å². The Morgan fingerprint density at radius 2 is 2.09 bits per heavy atom. The van der Waals surface area contributed by atoms with E-state index in [1.807, 2.05) is 27.0 Å². The first-order chi connectivity index (χ1) is 16.3. The molecule has 0 bridgehead atoms. The number of aromatic nitrogens is 4. The van der Waals surface area contributed by atoms with Crippen LogP contribution >= 0.6 is 11.3 Å². The normalized spacial score (nSPS) is 16.7. The zero-order chi connectivity index (χ0) is 24.0. The number of nitrogens with zero attached hydrogens (tertiary/aromatic N) is 5. The summed E-state index contributed by atoms with van der Waals surface area (Å²) in [6.07, 6.45) is 6.30. The fourth-order valence-corrected chi connectivity index (χ4v) is 5.63. The molecule has 1 aliphatic heterocycles. The average Bonchev–Trinajstić information content (AvgIpc) is 3.38.